The molecular weight excluding hydrogens is 244 g/mol. The van der Waals surface area contributed by atoms with Crippen LogP contribution in [0.2, 0.25) is 0 Å². The zero-order valence-electron chi connectivity index (χ0n) is 10.9. The van der Waals surface area contributed by atoms with Crippen LogP contribution in [0.5, 0.6) is 0 Å². The lowest BCUT2D eigenvalue weighted by Crippen LogP contribution is -2.48. The van der Waals surface area contributed by atoms with E-state index in [1.54, 1.807) is 18.3 Å². The quantitative estimate of drug-likeness (QED) is 0.611. The van der Waals surface area contributed by atoms with Crippen LogP contribution in [0.1, 0.15) is 36.5 Å². The first-order valence-corrected chi connectivity index (χ1v) is 6.55. The highest BCUT2D eigenvalue weighted by Crippen LogP contribution is 2.31. The summed E-state index contributed by atoms with van der Waals surface area (Å²) in [5.74, 6) is -0.890. The SMILES string of the molecule is CC[C@@H](NC(=O)C(=O)c1cccnc1)C1CC(O)C1. The molecule has 1 aliphatic rings. The third-order valence-electron chi connectivity index (χ3n) is 3.60. The summed E-state index contributed by atoms with van der Waals surface area (Å²) >= 11 is 0. The van der Waals surface area contributed by atoms with E-state index in [0.29, 0.717) is 18.4 Å². The predicted molar refractivity (Wildman–Crippen MR) is 69.5 cm³/mol. The Morgan fingerprint density at radius 1 is 1.53 bits per heavy atom. The second-order valence-electron chi connectivity index (χ2n) is 4.94. The van der Waals surface area contributed by atoms with Crippen LogP contribution in [0, 0.1) is 5.92 Å². The van der Waals surface area contributed by atoms with E-state index in [-0.39, 0.29) is 18.1 Å². The minimum atomic E-state index is -0.596. The molecule has 1 aromatic heterocycles. The van der Waals surface area contributed by atoms with Crippen molar-refractivity contribution in [2.45, 2.75) is 38.3 Å². The van der Waals surface area contributed by atoms with Crippen molar-refractivity contribution >= 4 is 11.7 Å². The summed E-state index contributed by atoms with van der Waals surface area (Å²) in [6.07, 6.45) is 4.82. The summed E-state index contributed by atoms with van der Waals surface area (Å²) in [5.41, 5.74) is 0.295. The smallest absolute Gasteiger partial charge is 0.292 e. The van der Waals surface area contributed by atoms with Gasteiger partial charge in [-0.3, -0.25) is 14.6 Å². The van der Waals surface area contributed by atoms with Gasteiger partial charge in [0, 0.05) is 24.0 Å². The number of hydrogen-bond donors (Lipinski definition) is 2. The zero-order valence-corrected chi connectivity index (χ0v) is 10.9. The van der Waals surface area contributed by atoms with E-state index in [1.165, 1.54) is 6.20 Å². The third-order valence-corrected chi connectivity index (χ3v) is 3.60. The minimum absolute atomic E-state index is 0.0449. The van der Waals surface area contributed by atoms with Crippen molar-refractivity contribution in [2.75, 3.05) is 0 Å². The first-order valence-electron chi connectivity index (χ1n) is 6.55. The first-order chi connectivity index (χ1) is 9.11. The van der Waals surface area contributed by atoms with Crippen LogP contribution in [0.25, 0.3) is 0 Å². The predicted octanol–water partition coefficient (Wildman–Crippen LogP) is 0.930. The molecule has 0 saturated heterocycles. The molecule has 2 N–H and O–H groups in total. The van der Waals surface area contributed by atoms with Gasteiger partial charge in [-0.05, 0) is 37.3 Å². The van der Waals surface area contributed by atoms with E-state index in [1.807, 2.05) is 6.92 Å². The molecule has 19 heavy (non-hydrogen) atoms. The van der Waals surface area contributed by atoms with Gasteiger partial charge in [-0.1, -0.05) is 6.92 Å². The Morgan fingerprint density at radius 3 is 2.79 bits per heavy atom. The Bertz CT molecular complexity index is 455. The van der Waals surface area contributed by atoms with Gasteiger partial charge in [-0.25, -0.2) is 0 Å². The summed E-state index contributed by atoms with van der Waals surface area (Å²) in [6, 6.07) is 3.15. The molecule has 0 spiro atoms. The van der Waals surface area contributed by atoms with Crippen molar-refractivity contribution in [1.82, 2.24) is 10.3 Å². The van der Waals surface area contributed by atoms with E-state index in [0.717, 1.165) is 6.42 Å². The number of Topliss-reactive ketones (excluding diaryl/α,β-unsaturated/α-hetero) is 1. The molecule has 1 aliphatic carbocycles. The van der Waals surface area contributed by atoms with E-state index >= 15 is 0 Å². The summed E-state index contributed by atoms with van der Waals surface area (Å²) in [7, 11) is 0. The highest BCUT2D eigenvalue weighted by atomic mass is 16.3. The van der Waals surface area contributed by atoms with Crippen LogP contribution in [-0.4, -0.2) is 33.9 Å². The number of amides is 1. The number of rotatable bonds is 5. The number of pyridine rings is 1. The van der Waals surface area contributed by atoms with Gasteiger partial charge < -0.3 is 10.4 Å². The van der Waals surface area contributed by atoms with Crippen LogP contribution in [0.3, 0.4) is 0 Å². The number of ketones is 1. The van der Waals surface area contributed by atoms with Crippen molar-refractivity contribution in [3.8, 4) is 0 Å². The molecule has 1 atom stereocenters. The average molecular weight is 262 g/mol. The highest BCUT2D eigenvalue weighted by molar-refractivity contribution is 6.42. The molecule has 1 amide bonds. The van der Waals surface area contributed by atoms with Crippen LogP contribution >= 0.6 is 0 Å². The van der Waals surface area contributed by atoms with E-state index in [2.05, 4.69) is 10.3 Å². The molecule has 0 unspecified atom stereocenters. The second kappa shape index (κ2) is 5.93. The van der Waals surface area contributed by atoms with Crippen molar-refractivity contribution in [3.05, 3.63) is 30.1 Å². The molecule has 1 fully saturated rings. The second-order valence-corrected chi connectivity index (χ2v) is 4.94. The first kappa shape index (κ1) is 13.7. The van der Waals surface area contributed by atoms with Gasteiger partial charge in [0.25, 0.3) is 11.7 Å². The minimum Gasteiger partial charge on any atom is -0.393 e. The van der Waals surface area contributed by atoms with Gasteiger partial charge in [0.1, 0.15) is 0 Å². The number of nitrogens with one attached hydrogen (secondary N) is 1. The molecule has 0 radical (unpaired) electrons. The van der Waals surface area contributed by atoms with Crippen molar-refractivity contribution in [1.29, 1.82) is 0 Å². The van der Waals surface area contributed by atoms with Gasteiger partial charge in [0.05, 0.1) is 6.10 Å². The van der Waals surface area contributed by atoms with Crippen LogP contribution in [-0.2, 0) is 4.79 Å². The van der Waals surface area contributed by atoms with Crippen LogP contribution < -0.4 is 5.32 Å². The number of hydrogen-bond acceptors (Lipinski definition) is 4. The Morgan fingerprint density at radius 2 is 2.26 bits per heavy atom. The number of nitrogens with zero attached hydrogens (tertiary/aromatic N) is 1. The number of aliphatic hydroxyl groups excluding tert-OH is 1. The summed E-state index contributed by atoms with van der Waals surface area (Å²) < 4.78 is 0. The number of aromatic nitrogens is 1. The Kier molecular flexibility index (Phi) is 4.27. The molecule has 102 valence electrons. The maximum atomic E-state index is 11.9. The molecule has 5 heteroatoms. The number of carbonyl (C=O) groups is 2. The molecule has 0 bridgehead atoms. The Hall–Kier alpha value is -1.75. The number of aliphatic hydroxyl groups is 1. The standard InChI is InChI=1S/C14H18N2O3/c1-2-12(10-6-11(17)7-10)16-14(19)13(18)9-4-3-5-15-8-9/h3-5,8,10-12,17H,2,6-7H2,1H3,(H,16,19)/t10?,11?,12-/m1/s1. The van der Waals surface area contributed by atoms with E-state index < -0.39 is 11.7 Å². The normalized spacial score (nSPS) is 23.3. The van der Waals surface area contributed by atoms with E-state index in [4.69, 9.17) is 0 Å². The van der Waals surface area contributed by atoms with E-state index in [9.17, 15) is 14.7 Å². The lowest BCUT2D eigenvalue weighted by Gasteiger charge is -2.37. The molecule has 2 rings (SSSR count). The van der Waals surface area contributed by atoms with Crippen LogP contribution in [0.4, 0.5) is 0 Å². The van der Waals surface area contributed by atoms with Crippen molar-refractivity contribution in [2.24, 2.45) is 5.92 Å². The molecule has 5 nitrogen and oxygen atoms in total. The number of carbonyl (C=O) groups excluding carboxylic acids is 2. The van der Waals surface area contributed by atoms with Gasteiger partial charge in [0.15, 0.2) is 0 Å². The van der Waals surface area contributed by atoms with Gasteiger partial charge in [-0.15, -0.1) is 0 Å². The van der Waals surface area contributed by atoms with Gasteiger partial charge in [-0.2, -0.15) is 0 Å². The molecule has 1 heterocycles. The summed E-state index contributed by atoms with van der Waals surface area (Å²) in [6.45, 7) is 1.96. The Labute approximate surface area is 112 Å². The highest BCUT2D eigenvalue weighted by Gasteiger charge is 2.34. The lowest BCUT2D eigenvalue weighted by atomic mass is 9.76. The largest absolute Gasteiger partial charge is 0.393 e. The average Bonchev–Trinajstić information content (AvgIpc) is 2.41. The molecule has 0 aliphatic heterocycles. The fourth-order valence-corrected chi connectivity index (χ4v) is 2.37. The fraction of sp³-hybridized carbons (Fsp3) is 0.500. The van der Waals surface area contributed by atoms with Gasteiger partial charge >= 0.3 is 0 Å². The van der Waals surface area contributed by atoms with Gasteiger partial charge in [0.2, 0.25) is 0 Å². The summed E-state index contributed by atoms with van der Waals surface area (Å²) in [5, 5.41) is 12.1. The molecule has 0 aromatic carbocycles. The van der Waals surface area contributed by atoms with Crippen molar-refractivity contribution in [3.63, 3.8) is 0 Å². The molecule has 1 saturated carbocycles. The molecule has 1 aromatic rings. The monoisotopic (exact) mass is 262 g/mol. The van der Waals surface area contributed by atoms with Crippen LogP contribution in [0.15, 0.2) is 24.5 Å². The zero-order chi connectivity index (χ0) is 13.8. The van der Waals surface area contributed by atoms with Crippen molar-refractivity contribution < 1.29 is 14.7 Å². The maximum Gasteiger partial charge on any atom is 0.292 e. The molecular formula is C14H18N2O3. The fourth-order valence-electron chi connectivity index (χ4n) is 2.37. The Balaban J connectivity index is 1.94. The maximum absolute atomic E-state index is 11.9. The third kappa shape index (κ3) is 3.17. The lowest BCUT2D eigenvalue weighted by molar-refractivity contribution is -0.118. The summed E-state index contributed by atoms with van der Waals surface area (Å²) in [4.78, 5) is 27.6. The topological polar surface area (TPSA) is 79.3 Å².